The van der Waals surface area contributed by atoms with E-state index in [1.165, 1.54) is 25.5 Å². The lowest BCUT2D eigenvalue weighted by atomic mass is 10.1. The van der Waals surface area contributed by atoms with E-state index in [2.05, 4.69) is 20.8 Å². The smallest absolute Gasteiger partial charge is 0.356 e. The van der Waals surface area contributed by atoms with Crippen LogP contribution in [0.5, 0.6) is 0 Å². The lowest BCUT2D eigenvalue weighted by Gasteiger charge is -2.03. The first kappa shape index (κ1) is 24.7. The van der Waals surface area contributed by atoms with Crippen LogP contribution in [0.4, 0.5) is 0 Å². The number of aliphatic hydroxyl groups excluding tert-OH is 1. The fourth-order valence-electron chi connectivity index (χ4n) is 2.76. The Hall–Kier alpha value is -2.27. The van der Waals surface area contributed by atoms with Crippen molar-refractivity contribution in [1.29, 1.82) is 0 Å². The van der Waals surface area contributed by atoms with E-state index >= 15 is 0 Å². The van der Waals surface area contributed by atoms with Crippen LogP contribution in [0.25, 0.3) is 0 Å². The molecule has 2 aromatic rings. The van der Waals surface area contributed by atoms with Gasteiger partial charge in [0.25, 0.3) is 0 Å². The van der Waals surface area contributed by atoms with E-state index in [-0.39, 0.29) is 34.9 Å². The number of esters is 1. The summed E-state index contributed by atoms with van der Waals surface area (Å²) >= 11 is 0. The third-order valence-corrected chi connectivity index (χ3v) is 4.33. The Balaban J connectivity index is 0.000000455. The lowest BCUT2D eigenvalue weighted by Crippen LogP contribution is -2.07. The highest BCUT2D eigenvalue weighted by Gasteiger charge is 2.28. The first-order valence-electron chi connectivity index (χ1n) is 8.32. The molecule has 2 aromatic heterocycles. The molecule has 2 heterocycles. The van der Waals surface area contributed by atoms with E-state index in [0.29, 0.717) is 17.5 Å². The Bertz CT molecular complexity index is 710. The summed E-state index contributed by atoms with van der Waals surface area (Å²) in [7, 11) is 1.38. The molecule has 2 fully saturated rings. The largest absolute Gasteiger partial charge is 0.464 e. The van der Waals surface area contributed by atoms with Crippen molar-refractivity contribution in [1.82, 2.24) is 9.97 Å². The van der Waals surface area contributed by atoms with Crippen molar-refractivity contribution in [2.45, 2.75) is 66.4 Å². The molecule has 0 aromatic carbocycles. The predicted molar refractivity (Wildman–Crippen MR) is 110 cm³/mol. The maximum atomic E-state index is 11.3. The van der Waals surface area contributed by atoms with Crippen molar-refractivity contribution < 1.29 is 14.6 Å². The molecule has 0 saturated heterocycles. The highest BCUT2D eigenvalue weighted by atomic mass is 16.5. The van der Waals surface area contributed by atoms with Crippen LogP contribution in [-0.2, 0) is 11.3 Å². The van der Waals surface area contributed by atoms with Crippen molar-refractivity contribution in [3.8, 4) is 0 Å². The highest BCUT2D eigenvalue weighted by molar-refractivity contribution is 5.89. The number of carbonyl (C=O) groups excluding carboxylic acids is 1. The van der Waals surface area contributed by atoms with Gasteiger partial charge in [0.05, 0.1) is 19.4 Å². The van der Waals surface area contributed by atoms with Crippen LogP contribution in [0.3, 0.4) is 0 Å². The predicted octanol–water partition coefficient (Wildman–Crippen LogP) is 5.11. The second kappa shape index (κ2) is 11.4. The van der Waals surface area contributed by atoms with E-state index in [4.69, 9.17) is 5.11 Å². The number of nitrogens with zero attached hydrogens (tertiary/aromatic N) is 2. The minimum Gasteiger partial charge on any atom is -0.464 e. The average Bonchev–Trinajstić information content (AvgIpc) is 3.53. The summed E-state index contributed by atoms with van der Waals surface area (Å²) in [4.78, 5) is 19.4. The number of rotatable bonds is 4. The molecule has 5 nitrogen and oxygen atoms in total. The average molecular weight is 375 g/mol. The molecule has 150 valence electrons. The van der Waals surface area contributed by atoms with Gasteiger partial charge < -0.3 is 9.84 Å². The third-order valence-electron chi connectivity index (χ3n) is 4.33. The summed E-state index contributed by atoms with van der Waals surface area (Å²) < 4.78 is 4.65. The summed E-state index contributed by atoms with van der Waals surface area (Å²) in [5.74, 6) is 0.885. The molecule has 27 heavy (non-hydrogen) atoms. The fraction of sp³-hybridized carbons (Fsp3) is 0.500. The summed E-state index contributed by atoms with van der Waals surface area (Å²) in [6.45, 7) is 0.0761. The fourth-order valence-corrected chi connectivity index (χ4v) is 2.76. The Morgan fingerprint density at radius 3 is 2.04 bits per heavy atom. The number of aromatic nitrogens is 2. The monoisotopic (exact) mass is 374 g/mol. The molecule has 0 bridgehead atoms. The lowest BCUT2D eigenvalue weighted by molar-refractivity contribution is 0.0592. The van der Waals surface area contributed by atoms with E-state index in [1.54, 1.807) is 12.4 Å². The van der Waals surface area contributed by atoms with Crippen LogP contribution in [0, 0.1) is 0 Å². The number of pyridine rings is 2. The zero-order valence-electron chi connectivity index (χ0n) is 13.8. The van der Waals surface area contributed by atoms with Gasteiger partial charge in [-0.3, -0.25) is 4.98 Å². The van der Waals surface area contributed by atoms with Gasteiger partial charge in [0, 0.05) is 12.4 Å². The number of hydrogen-bond acceptors (Lipinski definition) is 5. The maximum absolute atomic E-state index is 11.3. The third kappa shape index (κ3) is 6.43. The van der Waals surface area contributed by atoms with Gasteiger partial charge in [-0.15, -0.1) is 0 Å². The Kier molecular flexibility index (Phi) is 10.5. The molecule has 4 rings (SSSR count). The Labute approximate surface area is 163 Å². The van der Waals surface area contributed by atoms with Crippen molar-refractivity contribution >= 4 is 5.97 Å². The van der Waals surface area contributed by atoms with Crippen molar-refractivity contribution in [3.05, 3.63) is 59.2 Å². The molecule has 0 spiro atoms. The van der Waals surface area contributed by atoms with Crippen LogP contribution >= 0.6 is 0 Å². The zero-order chi connectivity index (χ0) is 16.9. The molecule has 1 N–H and O–H groups in total. The van der Waals surface area contributed by atoms with E-state index in [9.17, 15) is 4.79 Å². The minimum atomic E-state index is -0.331. The Morgan fingerprint density at radius 2 is 1.52 bits per heavy atom. The van der Waals surface area contributed by atoms with Crippen molar-refractivity contribution in [2.24, 2.45) is 0 Å². The Morgan fingerprint density at radius 1 is 1.00 bits per heavy atom. The van der Waals surface area contributed by atoms with Crippen LogP contribution in [0.15, 0.2) is 36.7 Å². The molecular formula is C22H34N2O3. The molecule has 2 saturated carbocycles. The summed E-state index contributed by atoms with van der Waals surface area (Å²) in [6, 6.07) is 7.82. The second-order valence-corrected chi connectivity index (χ2v) is 6.18. The quantitative estimate of drug-likeness (QED) is 0.753. The van der Waals surface area contributed by atoms with Crippen molar-refractivity contribution in [3.63, 3.8) is 0 Å². The maximum Gasteiger partial charge on any atom is 0.356 e. The van der Waals surface area contributed by atoms with E-state index < -0.39 is 0 Å². The number of carbonyl (C=O) groups is 1. The highest BCUT2D eigenvalue weighted by Crippen LogP contribution is 2.41. The molecule has 2 aliphatic rings. The molecule has 0 radical (unpaired) electrons. The second-order valence-electron chi connectivity index (χ2n) is 6.18. The van der Waals surface area contributed by atoms with E-state index in [0.717, 1.165) is 24.1 Å². The summed E-state index contributed by atoms with van der Waals surface area (Å²) in [5.41, 5.74) is 3.62. The molecule has 0 unspecified atom stereocenters. The van der Waals surface area contributed by atoms with Gasteiger partial charge in [0.1, 0.15) is 0 Å². The van der Waals surface area contributed by atoms with Gasteiger partial charge in [0.2, 0.25) is 0 Å². The van der Waals surface area contributed by atoms with Gasteiger partial charge >= 0.3 is 5.97 Å². The molecule has 5 heteroatoms. The molecule has 0 aliphatic heterocycles. The van der Waals surface area contributed by atoms with Crippen molar-refractivity contribution in [2.75, 3.05) is 7.11 Å². The van der Waals surface area contributed by atoms with Crippen LogP contribution in [0.1, 0.15) is 87.1 Å². The van der Waals surface area contributed by atoms with Gasteiger partial charge in [0.15, 0.2) is 5.69 Å². The van der Waals surface area contributed by atoms with Crippen LogP contribution < -0.4 is 0 Å². The van der Waals surface area contributed by atoms with Gasteiger partial charge in [-0.2, -0.15) is 0 Å². The zero-order valence-corrected chi connectivity index (χ0v) is 13.8. The summed E-state index contributed by atoms with van der Waals surface area (Å²) in [5, 5.41) is 8.93. The minimum absolute atomic E-state index is 0. The number of aliphatic hydroxyl groups is 1. The molecule has 0 amide bonds. The first-order valence-corrected chi connectivity index (χ1v) is 8.32. The topological polar surface area (TPSA) is 72.3 Å². The normalized spacial score (nSPS) is 14.3. The first-order chi connectivity index (χ1) is 11.7. The van der Waals surface area contributed by atoms with Gasteiger partial charge in [-0.25, -0.2) is 9.78 Å². The molecule has 2 aliphatic carbocycles. The number of methoxy groups -OCH3 is 1. The van der Waals surface area contributed by atoms with E-state index in [1.807, 2.05) is 18.2 Å². The molecule has 0 atom stereocenters. The number of ether oxygens (including phenoxy) is 1. The molecular weight excluding hydrogens is 340 g/mol. The van der Waals surface area contributed by atoms with Gasteiger partial charge in [-0.1, -0.05) is 34.4 Å². The summed E-state index contributed by atoms with van der Waals surface area (Å²) in [6.07, 6.45) is 8.21. The SMILES string of the molecule is C.C.C.COC(=O)c1ncccc1C1CC1.OCc1ncccc1C1CC1. The standard InChI is InChI=1S/C10H11NO2.C9H11NO.3CH4/c1-13-10(12)9-8(7-4-5-7)3-2-6-11-9;11-6-9-8(7-3-4-7)2-1-5-10-9;;;/h2-3,6-7H,4-5H2,1H3;1-2,5,7,11H,3-4,6H2;3*1H4. The van der Waals surface area contributed by atoms with Crippen LogP contribution in [-0.4, -0.2) is 28.2 Å². The van der Waals surface area contributed by atoms with Crippen LogP contribution in [0.2, 0.25) is 0 Å². The van der Waals surface area contributed by atoms with Gasteiger partial charge in [-0.05, 0) is 60.8 Å². The number of hydrogen-bond donors (Lipinski definition) is 1.